The van der Waals surface area contributed by atoms with E-state index in [0.717, 1.165) is 16.7 Å². The molecule has 0 saturated carbocycles. The number of hydrogen-bond donors (Lipinski definition) is 0. The van der Waals surface area contributed by atoms with Crippen LogP contribution in [0.4, 0.5) is 0 Å². The van der Waals surface area contributed by atoms with E-state index < -0.39 is 6.04 Å². The third kappa shape index (κ3) is 2.37. The normalized spacial score (nSPS) is 18.6. The van der Waals surface area contributed by atoms with Crippen LogP contribution in [0.25, 0.3) is 11.1 Å². The maximum absolute atomic E-state index is 8.22. The Balaban J connectivity index is 2.33. The van der Waals surface area contributed by atoms with Gasteiger partial charge in [-0.3, -0.25) is 0 Å². The second-order valence-corrected chi connectivity index (χ2v) is 5.23. The molecule has 0 radical (unpaired) electrons. The van der Waals surface area contributed by atoms with E-state index in [1.54, 1.807) is 6.07 Å². The van der Waals surface area contributed by atoms with E-state index in [-0.39, 0.29) is 29.7 Å². The molecule has 3 rings (SSSR count). The van der Waals surface area contributed by atoms with Crippen molar-refractivity contribution in [3.63, 3.8) is 0 Å². The minimum absolute atomic E-state index is 0.204. The molecule has 0 bridgehead atoms. The molecule has 20 heavy (non-hydrogen) atoms. The van der Waals surface area contributed by atoms with Crippen molar-refractivity contribution in [1.29, 1.82) is 0 Å². The van der Waals surface area contributed by atoms with Crippen molar-refractivity contribution in [1.82, 2.24) is 4.90 Å². The van der Waals surface area contributed by atoms with Crippen molar-refractivity contribution >= 4 is 22.7 Å². The lowest BCUT2D eigenvalue weighted by molar-refractivity contribution is 0.566. The van der Waals surface area contributed by atoms with Crippen LogP contribution in [0.3, 0.4) is 0 Å². The third-order valence-electron chi connectivity index (χ3n) is 3.05. The SMILES string of the molecule is [2H]c1c([2H])c([2H])c(C2=C/C(=C\N(C)C)c3cc(Cl)ccc32)c([2H])c1[2H]. The van der Waals surface area contributed by atoms with Gasteiger partial charge in [-0.1, -0.05) is 47.9 Å². The zero-order valence-electron chi connectivity index (χ0n) is 16.2. The molecule has 2 aromatic rings. The van der Waals surface area contributed by atoms with Crippen LogP contribution in [-0.2, 0) is 0 Å². The van der Waals surface area contributed by atoms with Crippen molar-refractivity contribution in [2.24, 2.45) is 0 Å². The molecular weight excluding hydrogens is 266 g/mol. The predicted octanol–water partition coefficient (Wildman–Crippen LogP) is 4.69. The maximum atomic E-state index is 8.22. The molecule has 1 aliphatic rings. The van der Waals surface area contributed by atoms with Crippen molar-refractivity contribution < 1.29 is 6.85 Å². The van der Waals surface area contributed by atoms with Gasteiger partial charge in [0.25, 0.3) is 0 Å². The van der Waals surface area contributed by atoms with E-state index in [1.165, 1.54) is 0 Å². The average molecular weight is 287 g/mol. The van der Waals surface area contributed by atoms with Gasteiger partial charge in [0.05, 0.1) is 6.85 Å². The van der Waals surface area contributed by atoms with Gasteiger partial charge in [0.15, 0.2) is 0 Å². The quantitative estimate of drug-likeness (QED) is 0.774. The Morgan fingerprint density at radius 1 is 1.10 bits per heavy atom. The Morgan fingerprint density at radius 3 is 2.55 bits per heavy atom. The van der Waals surface area contributed by atoms with Crippen LogP contribution in [0.1, 0.15) is 23.5 Å². The first kappa shape index (κ1) is 8.33. The fourth-order valence-electron chi connectivity index (χ4n) is 2.28. The van der Waals surface area contributed by atoms with Gasteiger partial charge in [-0.05, 0) is 46.0 Å². The highest BCUT2D eigenvalue weighted by molar-refractivity contribution is 6.31. The standard InChI is InChI=1S/C18H16ClN/c1-20(2)12-14-10-17(13-6-4-3-5-7-13)16-9-8-15(19)11-18(14)16/h3-12H,1-2H3/b14-12+/i3D,4D,5D,6D,7D. The average Bonchev–Trinajstić information content (AvgIpc) is 2.88. The van der Waals surface area contributed by atoms with Crippen molar-refractivity contribution in [2.45, 2.75) is 0 Å². The molecule has 2 heteroatoms. The molecule has 1 aliphatic carbocycles. The van der Waals surface area contributed by atoms with Crippen LogP contribution in [0, 0.1) is 0 Å². The van der Waals surface area contributed by atoms with E-state index in [4.69, 9.17) is 18.5 Å². The number of benzene rings is 2. The summed E-state index contributed by atoms with van der Waals surface area (Å²) in [5.74, 6) is 0. The minimum atomic E-state index is -0.391. The lowest BCUT2D eigenvalue weighted by atomic mass is 9.99. The molecule has 1 nitrogen and oxygen atoms in total. The van der Waals surface area contributed by atoms with Gasteiger partial charge >= 0.3 is 0 Å². The molecule has 100 valence electrons. The summed E-state index contributed by atoms with van der Waals surface area (Å²) >= 11 is 6.13. The van der Waals surface area contributed by atoms with E-state index in [1.807, 2.05) is 43.4 Å². The molecule has 0 amide bonds. The van der Waals surface area contributed by atoms with Crippen LogP contribution in [0.15, 0.2) is 60.7 Å². The van der Waals surface area contributed by atoms with Crippen LogP contribution < -0.4 is 0 Å². The van der Waals surface area contributed by atoms with Gasteiger partial charge in [-0.25, -0.2) is 0 Å². The van der Waals surface area contributed by atoms with Gasteiger partial charge in [0.2, 0.25) is 0 Å². The van der Waals surface area contributed by atoms with Crippen molar-refractivity contribution in [2.75, 3.05) is 14.1 Å². The maximum Gasteiger partial charge on any atom is 0.0629 e. The van der Waals surface area contributed by atoms with E-state index in [0.29, 0.717) is 10.6 Å². The Kier molecular flexibility index (Phi) is 2.16. The molecular formula is C18H16ClN. The molecule has 0 unspecified atom stereocenters. The molecule has 0 atom stereocenters. The summed E-state index contributed by atoms with van der Waals surface area (Å²) in [4.78, 5) is 1.89. The van der Waals surface area contributed by atoms with Gasteiger partial charge in [0, 0.05) is 25.3 Å². The first-order valence-electron chi connectivity index (χ1n) is 8.70. The van der Waals surface area contributed by atoms with Crippen molar-refractivity contribution in [3.8, 4) is 0 Å². The molecule has 0 saturated heterocycles. The van der Waals surface area contributed by atoms with Gasteiger partial charge in [-0.15, -0.1) is 0 Å². The highest BCUT2D eigenvalue weighted by Gasteiger charge is 2.19. The second kappa shape index (κ2) is 5.18. The summed E-state index contributed by atoms with van der Waals surface area (Å²) in [5.41, 5.74) is 3.37. The zero-order valence-corrected chi connectivity index (χ0v) is 12.0. The minimum Gasteiger partial charge on any atom is -0.383 e. The van der Waals surface area contributed by atoms with Crippen molar-refractivity contribution in [3.05, 3.63) is 82.4 Å². The molecule has 0 heterocycles. The van der Waals surface area contributed by atoms with Crippen LogP contribution >= 0.6 is 11.6 Å². The van der Waals surface area contributed by atoms with Crippen LogP contribution in [0.5, 0.6) is 0 Å². The summed E-state index contributed by atoms with van der Waals surface area (Å²) in [6.07, 6.45) is 3.76. The Morgan fingerprint density at radius 2 is 1.85 bits per heavy atom. The topological polar surface area (TPSA) is 3.24 Å². The predicted molar refractivity (Wildman–Crippen MR) is 86.6 cm³/mol. The molecule has 0 N–H and O–H groups in total. The van der Waals surface area contributed by atoms with Crippen LogP contribution in [0.2, 0.25) is 5.02 Å². The number of fused-ring (bicyclic) bond motifs is 1. The summed E-state index contributed by atoms with van der Waals surface area (Å²) in [6.45, 7) is 0. The molecule has 0 spiro atoms. The van der Waals surface area contributed by atoms with Gasteiger partial charge in [-0.2, -0.15) is 0 Å². The molecule has 0 aliphatic heterocycles. The van der Waals surface area contributed by atoms with E-state index in [9.17, 15) is 0 Å². The lowest BCUT2D eigenvalue weighted by Gasteiger charge is -2.08. The highest BCUT2D eigenvalue weighted by atomic mass is 35.5. The van der Waals surface area contributed by atoms with Crippen LogP contribution in [-0.4, -0.2) is 19.0 Å². The zero-order chi connectivity index (χ0) is 18.5. The number of hydrogen-bond acceptors (Lipinski definition) is 1. The first-order valence-corrected chi connectivity index (χ1v) is 6.57. The number of halogens is 1. The largest absolute Gasteiger partial charge is 0.383 e. The molecule has 0 aromatic heterocycles. The Labute approximate surface area is 131 Å². The van der Waals surface area contributed by atoms with E-state index >= 15 is 0 Å². The summed E-state index contributed by atoms with van der Waals surface area (Å²) in [6, 6.07) is 3.91. The summed E-state index contributed by atoms with van der Waals surface area (Å²) < 4.78 is 40.0. The Hall–Kier alpha value is -1.99. The number of allylic oxidation sites excluding steroid dienone is 2. The monoisotopic (exact) mass is 286 g/mol. The number of nitrogens with zero attached hydrogens (tertiary/aromatic N) is 1. The third-order valence-corrected chi connectivity index (χ3v) is 3.28. The Bertz CT molecular complexity index is 918. The smallest absolute Gasteiger partial charge is 0.0629 e. The summed E-state index contributed by atoms with van der Waals surface area (Å²) in [7, 11) is 3.79. The fraction of sp³-hybridized carbons (Fsp3) is 0.111. The molecule has 2 aromatic carbocycles. The number of rotatable bonds is 2. The summed E-state index contributed by atoms with van der Waals surface area (Å²) in [5, 5.41) is 0.583. The lowest BCUT2D eigenvalue weighted by Crippen LogP contribution is -2.01. The first-order chi connectivity index (χ1) is 11.7. The van der Waals surface area contributed by atoms with Gasteiger partial charge < -0.3 is 4.90 Å². The second-order valence-electron chi connectivity index (χ2n) is 4.80. The fourth-order valence-corrected chi connectivity index (χ4v) is 2.45. The highest BCUT2D eigenvalue weighted by Crippen LogP contribution is 2.40. The molecule has 0 fully saturated rings. The van der Waals surface area contributed by atoms with E-state index in [2.05, 4.69) is 0 Å². The van der Waals surface area contributed by atoms with Gasteiger partial charge in [0.1, 0.15) is 0 Å².